The molecule has 0 radical (unpaired) electrons. The quantitative estimate of drug-likeness (QED) is 0.259. The second kappa shape index (κ2) is 16.7. The smallest absolute Gasteiger partial charge is 0.410 e. The molecule has 0 bridgehead atoms. The van der Waals surface area contributed by atoms with E-state index in [2.05, 4.69) is 24.3 Å². The minimum Gasteiger partial charge on any atom is -0.481 e. The average molecular weight is 565 g/mol. The zero-order valence-electron chi connectivity index (χ0n) is 25.0. The summed E-state index contributed by atoms with van der Waals surface area (Å²) < 4.78 is 11.0. The third-order valence-electron chi connectivity index (χ3n) is 5.75. The third kappa shape index (κ3) is 16.6. The number of hydrogen-bond donors (Lipinski definition) is 2. The van der Waals surface area contributed by atoms with Crippen LogP contribution in [0.2, 0.25) is 0 Å². The van der Waals surface area contributed by atoms with Gasteiger partial charge in [-0.05, 0) is 91.2 Å². The van der Waals surface area contributed by atoms with Gasteiger partial charge in [0.05, 0.1) is 0 Å². The van der Waals surface area contributed by atoms with Crippen LogP contribution >= 0.6 is 0 Å². The van der Waals surface area contributed by atoms with Crippen molar-refractivity contribution in [2.75, 3.05) is 26.2 Å². The zero-order valence-corrected chi connectivity index (χ0v) is 25.0. The Hall–Kier alpha value is -3.30. The molecule has 10 nitrogen and oxygen atoms in total. The number of ether oxygens (including phenoxy) is 2. The average Bonchev–Trinajstić information content (AvgIpc) is 2.80. The minimum atomic E-state index is -0.889. The van der Waals surface area contributed by atoms with E-state index in [0.717, 1.165) is 24.0 Å². The monoisotopic (exact) mass is 564 g/mol. The van der Waals surface area contributed by atoms with Crippen LogP contribution in [0.1, 0.15) is 91.2 Å². The molecule has 2 N–H and O–H groups in total. The van der Waals surface area contributed by atoms with Crippen LogP contribution in [0.25, 0.3) is 0 Å². The molecule has 0 spiro atoms. The van der Waals surface area contributed by atoms with Crippen LogP contribution in [0.5, 0.6) is 0 Å². The van der Waals surface area contributed by atoms with E-state index in [1.54, 1.807) is 51.3 Å². The van der Waals surface area contributed by atoms with Crippen molar-refractivity contribution >= 4 is 24.1 Å². The second-order valence-corrected chi connectivity index (χ2v) is 12.0. The van der Waals surface area contributed by atoms with Gasteiger partial charge >= 0.3 is 24.1 Å². The summed E-state index contributed by atoms with van der Waals surface area (Å²) in [5, 5.41) is 17.8. The Morgan fingerprint density at radius 1 is 0.600 bits per heavy atom. The van der Waals surface area contributed by atoms with Gasteiger partial charge in [0, 0.05) is 39.0 Å². The lowest BCUT2D eigenvalue weighted by molar-refractivity contribution is -0.138. The van der Waals surface area contributed by atoms with E-state index < -0.39 is 35.3 Å². The Morgan fingerprint density at radius 3 is 1.18 bits per heavy atom. The van der Waals surface area contributed by atoms with Crippen molar-refractivity contribution in [1.29, 1.82) is 0 Å². The van der Waals surface area contributed by atoms with Gasteiger partial charge in [0.2, 0.25) is 0 Å². The molecule has 0 saturated heterocycles. The predicted molar refractivity (Wildman–Crippen MR) is 152 cm³/mol. The molecule has 1 aromatic carbocycles. The molecule has 1 aromatic rings. The summed E-state index contributed by atoms with van der Waals surface area (Å²) in [5.74, 6) is -1.78. The van der Waals surface area contributed by atoms with E-state index in [9.17, 15) is 19.2 Å². The Labute approximate surface area is 238 Å². The van der Waals surface area contributed by atoms with Gasteiger partial charge < -0.3 is 29.5 Å². The first kappa shape index (κ1) is 34.7. The largest absolute Gasteiger partial charge is 0.481 e. The first-order chi connectivity index (χ1) is 18.6. The van der Waals surface area contributed by atoms with Gasteiger partial charge in [-0.25, -0.2) is 9.59 Å². The molecule has 0 aliphatic heterocycles. The van der Waals surface area contributed by atoms with E-state index in [0.29, 0.717) is 51.9 Å². The maximum absolute atomic E-state index is 12.6. The summed E-state index contributed by atoms with van der Waals surface area (Å²) in [4.78, 5) is 50.0. The number of carbonyl (C=O) groups excluding carboxylic acids is 2. The van der Waals surface area contributed by atoms with E-state index in [-0.39, 0.29) is 12.8 Å². The number of carbonyl (C=O) groups is 4. The van der Waals surface area contributed by atoms with Crippen LogP contribution in [0.4, 0.5) is 9.59 Å². The van der Waals surface area contributed by atoms with Gasteiger partial charge in [-0.2, -0.15) is 0 Å². The number of carboxylic acid groups (broad SMARTS) is 2. The van der Waals surface area contributed by atoms with Crippen LogP contribution < -0.4 is 0 Å². The summed E-state index contributed by atoms with van der Waals surface area (Å²) in [6.07, 6.45) is 2.82. The normalized spacial score (nSPS) is 11.6. The molecule has 1 rings (SSSR count). The lowest BCUT2D eigenvalue weighted by Crippen LogP contribution is -2.38. The van der Waals surface area contributed by atoms with Crippen LogP contribution in [0.15, 0.2) is 24.3 Å². The molecule has 226 valence electrons. The van der Waals surface area contributed by atoms with E-state index in [4.69, 9.17) is 19.7 Å². The fourth-order valence-corrected chi connectivity index (χ4v) is 3.90. The van der Waals surface area contributed by atoms with E-state index in [1.807, 2.05) is 0 Å². The van der Waals surface area contributed by atoms with Gasteiger partial charge in [0.25, 0.3) is 0 Å². The lowest BCUT2D eigenvalue weighted by Gasteiger charge is -2.27. The molecule has 0 aromatic heterocycles. The summed E-state index contributed by atoms with van der Waals surface area (Å²) >= 11 is 0. The molecule has 0 unspecified atom stereocenters. The maximum atomic E-state index is 12.6. The molecular formula is C30H48N2O8. The van der Waals surface area contributed by atoms with Gasteiger partial charge in [0.15, 0.2) is 0 Å². The number of benzene rings is 1. The molecule has 0 aliphatic carbocycles. The molecule has 0 atom stereocenters. The summed E-state index contributed by atoms with van der Waals surface area (Å²) in [6, 6.07) is 8.21. The minimum absolute atomic E-state index is 0.00136. The highest BCUT2D eigenvalue weighted by molar-refractivity contribution is 5.69. The van der Waals surface area contributed by atoms with Crippen molar-refractivity contribution in [3.63, 3.8) is 0 Å². The summed E-state index contributed by atoms with van der Waals surface area (Å²) in [6.45, 7) is 12.4. The lowest BCUT2D eigenvalue weighted by atomic mass is 10.0. The maximum Gasteiger partial charge on any atom is 0.410 e. The third-order valence-corrected chi connectivity index (χ3v) is 5.75. The number of rotatable bonds is 16. The number of aliphatic carboxylic acids is 2. The molecule has 40 heavy (non-hydrogen) atoms. The molecule has 0 aliphatic rings. The van der Waals surface area contributed by atoms with Gasteiger partial charge in [-0.1, -0.05) is 24.3 Å². The number of nitrogens with zero attached hydrogens (tertiary/aromatic N) is 2. The standard InChI is InChI=1S/C30H48N2O8/c1-29(2,3)39-27(37)31(21-9-13-25(33)34)19-7-11-23-15-17-24(18-16-23)12-8-20-32(22-10-14-26(35)36)28(38)40-30(4,5)6/h15-18H,7-14,19-22H2,1-6H3,(H,33,34)(H,35,36). The molecule has 10 heteroatoms. The SMILES string of the molecule is CC(C)(C)OC(=O)N(CCCC(=O)O)CCCc1ccc(CCCN(CCCC(=O)O)C(=O)OC(C)(C)C)cc1. The number of aryl methyl sites for hydroxylation is 2. The van der Waals surface area contributed by atoms with Crippen molar-refractivity contribution in [3.8, 4) is 0 Å². The fraction of sp³-hybridized carbons (Fsp3) is 0.667. The molecule has 0 saturated carbocycles. The first-order valence-electron chi connectivity index (χ1n) is 14.0. The van der Waals surface area contributed by atoms with Gasteiger partial charge in [0.1, 0.15) is 11.2 Å². The van der Waals surface area contributed by atoms with Crippen LogP contribution in [-0.2, 0) is 31.9 Å². The van der Waals surface area contributed by atoms with Crippen molar-refractivity contribution in [3.05, 3.63) is 35.4 Å². The fourth-order valence-electron chi connectivity index (χ4n) is 3.90. The van der Waals surface area contributed by atoms with Gasteiger partial charge in [-0.3, -0.25) is 9.59 Å². The summed E-state index contributed by atoms with van der Waals surface area (Å²) in [5.41, 5.74) is 1.01. The highest BCUT2D eigenvalue weighted by Crippen LogP contribution is 2.15. The summed E-state index contributed by atoms with van der Waals surface area (Å²) in [7, 11) is 0. The van der Waals surface area contributed by atoms with Crippen LogP contribution in [0.3, 0.4) is 0 Å². The number of carboxylic acids is 2. The van der Waals surface area contributed by atoms with Crippen LogP contribution in [-0.4, -0.2) is 81.5 Å². The Kier molecular flexibility index (Phi) is 14.5. The zero-order chi connectivity index (χ0) is 30.3. The molecular weight excluding hydrogens is 516 g/mol. The first-order valence-corrected chi connectivity index (χ1v) is 14.0. The predicted octanol–water partition coefficient (Wildman–Crippen LogP) is 5.76. The number of hydrogen-bond acceptors (Lipinski definition) is 6. The Balaban J connectivity index is 2.61. The van der Waals surface area contributed by atoms with Crippen molar-refractivity contribution < 1.29 is 38.9 Å². The highest BCUT2D eigenvalue weighted by atomic mass is 16.6. The Bertz CT molecular complexity index is 871. The number of amides is 2. The molecule has 0 heterocycles. The topological polar surface area (TPSA) is 134 Å². The van der Waals surface area contributed by atoms with E-state index in [1.165, 1.54) is 0 Å². The van der Waals surface area contributed by atoms with Crippen molar-refractivity contribution in [2.45, 2.75) is 104 Å². The molecule has 0 fully saturated rings. The Morgan fingerprint density at radius 2 is 0.900 bits per heavy atom. The highest BCUT2D eigenvalue weighted by Gasteiger charge is 2.23. The van der Waals surface area contributed by atoms with Crippen molar-refractivity contribution in [1.82, 2.24) is 9.80 Å². The second-order valence-electron chi connectivity index (χ2n) is 12.0. The van der Waals surface area contributed by atoms with Gasteiger partial charge in [-0.15, -0.1) is 0 Å². The van der Waals surface area contributed by atoms with E-state index >= 15 is 0 Å². The molecule has 2 amide bonds. The van der Waals surface area contributed by atoms with Crippen molar-refractivity contribution in [2.24, 2.45) is 0 Å². The van der Waals surface area contributed by atoms with Crippen LogP contribution in [0, 0.1) is 0 Å².